The first-order chi connectivity index (χ1) is 14.2. The van der Waals surface area contributed by atoms with Crippen LogP contribution in [0.5, 0.6) is 0 Å². The Morgan fingerprint density at radius 1 is 1.07 bits per heavy atom. The zero-order valence-corrected chi connectivity index (χ0v) is 15.8. The van der Waals surface area contributed by atoms with Crippen molar-refractivity contribution in [2.45, 2.75) is 25.9 Å². The average Bonchev–Trinajstić information content (AvgIpc) is 3.25. The van der Waals surface area contributed by atoms with Crippen LogP contribution in [-0.4, -0.2) is 25.4 Å². The lowest BCUT2D eigenvalue weighted by molar-refractivity contribution is -0.121. The van der Waals surface area contributed by atoms with Gasteiger partial charge < -0.3 is 14.9 Å². The lowest BCUT2D eigenvalue weighted by atomic mass is 10.1. The van der Waals surface area contributed by atoms with Gasteiger partial charge in [0.05, 0.1) is 17.2 Å². The molecule has 7 heteroatoms. The topological polar surface area (TPSA) is 92.7 Å². The summed E-state index contributed by atoms with van der Waals surface area (Å²) < 4.78 is 2.00. The quantitative estimate of drug-likeness (QED) is 0.509. The highest BCUT2D eigenvalue weighted by molar-refractivity contribution is 5.78. The minimum absolute atomic E-state index is 0.0803. The fraction of sp³-hybridized carbons (Fsp3) is 0.182. The number of benzene rings is 2. The summed E-state index contributed by atoms with van der Waals surface area (Å²) in [6.07, 6.45) is 6.11. The first-order valence-corrected chi connectivity index (χ1v) is 9.45. The second-order valence-electron chi connectivity index (χ2n) is 6.86. The van der Waals surface area contributed by atoms with Crippen LogP contribution in [0.1, 0.15) is 23.4 Å². The van der Waals surface area contributed by atoms with Crippen molar-refractivity contribution < 1.29 is 4.79 Å². The molecule has 0 aliphatic heterocycles. The van der Waals surface area contributed by atoms with E-state index in [1.54, 1.807) is 30.7 Å². The molecule has 0 aliphatic rings. The summed E-state index contributed by atoms with van der Waals surface area (Å²) in [6.45, 7) is 1.23. The zero-order chi connectivity index (χ0) is 20.1. The van der Waals surface area contributed by atoms with Crippen molar-refractivity contribution in [3.05, 3.63) is 94.6 Å². The van der Waals surface area contributed by atoms with Crippen molar-refractivity contribution in [2.75, 3.05) is 0 Å². The van der Waals surface area contributed by atoms with Gasteiger partial charge in [-0.05, 0) is 23.3 Å². The molecule has 2 aromatic carbocycles. The van der Waals surface area contributed by atoms with Gasteiger partial charge in [-0.2, -0.15) is 0 Å². The molecule has 146 valence electrons. The highest BCUT2D eigenvalue weighted by atomic mass is 16.1. The first kappa shape index (κ1) is 18.6. The van der Waals surface area contributed by atoms with Gasteiger partial charge in [-0.25, -0.2) is 9.97 Å². The van der Waals surface area contributed by atoms with Gasteiger partial charge in [0.15, 0.2) is 0 Å². The summed E-state index contributed by atoms with van der Waals surface area (Å²) in [6, 6.07) is 15.3. The van der Waals surface area contributed by atoms with Crippen LogP contribution in [0.3, 0.4) is 0 Å². The number of amides is 1. The number of aryl methyl sites for hydroxylation is 1. The number of aromatic amines is 1. The summed E-state index contributed by atoms with van der Waals surface area (Å²) in [4.78, 5) is 35.5. The molecule has 2 aromatic heterocycles. The first-order valence-electron chi connectivity index (χ1n) is 9.45. The molecule has 2 N–H and O–H groups in total. The summed E-state index contributed by atoms with van der Waals surface area (Å²) in [5.74, 6) is 0.441. The number of hydrogen-bond acceptors (Lipinski definition) is 4. The third-order valence-corrected chi connectivity index (χ3v) is 4.69. The number of nitrogens with one attached hydrogen (secondary N) is 2. The van der Waals surface area contributed by atoms with Crippen LogP contribution in [0.4, 0.5) is 0 Å². The number of aromatic nitrogens is 4. The van der Waals surface area contributed by atoms with Crippen LogP contribution < -0.4 is 10.9 Å². The van der Waals surface area contributed by atoms with Crippen molar-refractivity contribution in [1.82, 2.24) is 24.8 Å². The SMILES string of the molecule is O=C(CCc1nc2ccccc2c(=O)[nH]1)NCc1ccc(Cn2ccnc2)cc1. The zero-order valence-electron chi connectivity index (χ0n) is 15.8. The molecule has 0 atom stereocenters. The Kier molecular flexibility index (Phi) is 5.47. The van der Waals surface area contributed by atoms with Gasteiger partial charge in [0.1, 0.15) is 5.82 Å². The molecular formula is C22H21N5O2. The number of carbonyl (C=O) groups is 1. The Labute approximate surface area is 167 Å². The molecule has 0 radical (unpaired) electrons. The van der Waals surface area contributed by atoms with Gasteiger partial charge in [0.25, 0.3) is 5.56 Å². The normalized spacial score (nSPS) is 10.9. The Hall–Kier alpha value is -3.74. The predicted molar refractivity (Wildman–Crippen MR) is 110 cm³/mol. The van der Waals surface area contributed by atoms with E-state index in [1.165, 1.54) is 5.56 Å². The number of carbonyl (C=O) groups excluding carboxylic acids is 1. The fourth-order valence-electron chi connectivity index (χ4n) is 3.13. The van der Waals surface area contributed by atoms with Crippen LogP contribution in [0.25, 0.3) is 10.9 Å². The van der Waals surface area contributed by atoms with Gasteiger partial charge in [0, 0.05) is 38.3 Å². The van der Waals surface area contributed by atoms with E-state index < -0.39 is 0 Å². The number of rotatable bonds is 7. The van der Waals surface area contributed by atoms with Crippen LogP contribution in [0.2, 0.25) is 0 Å². The van der Waals surface area contributed by atoms with E-state index in [4.69, 9.17) is 0 Å². The molecule has 4 aromatic rings. The highest BCUT2D eigenvalue weighted by Gasteiger charge is 2.07. The predicted octanol–water partition coefficient (Wildman–Crippen LogP) is 2.42. The van der Waals surface area contributed by atoms with Crippen LogP contribution >= 0.6 is 0 Å². The maximum atomic E-state index is 12.2. The van der Waals surface area contributed by atoms with Gasteiger partial charge in [0.2, 0.25) is 5.91 Å². The Bertz CT molecular complexity index is 1160. The minimum atomic E-state index is -0.179. The van der Waals surface area contributed by atoms with Crippen LogP contribution in [0.15, 0.2) is 72.0 Å². The standard InChI is InChI=1S/C22H21N5O2/c28-21(10-9-20-25-19-4-2-1-3-18(19)22(29)26-20)24-13-16-5-7-17(8-6-16)14-27-12-11-23-15-27/h1-8,11-12,15H,9-10,13-14H2,(H,24,28)(H,25,26,29). The average molecular weight is 387 g/mol. The van der Waals surface area contributed by atoms with Crippen molar-refractivity contribution in [2.24, 2.45) is 0 Å². The Morgan fingerprint density at radius 3 is 2.66 bits per heavy atom. The lowest BCUT2D eigenvalue weighted by Crippen LogP contribution is -2.23. The van der Waals surface area contributed by atoms with E-state index in [0.29, 0.717) is 29.7 Å². The van der Waals surface area contributed by atoms with E-state index in [2.05, 4.69) is 20.3 Å². The molecule has 0 spiro atoms. The second-order valence-corrected chi connectivity index (χ2v) is 6.86. The molecule has 1 amide bonds. The van der Waals surface area contributed by atoms with E-state index in [9.17, 15) is 9.59 Å². The maximum Gasteiger partial charge on any atom is 0.258 e. The van der Waals surface area contributed by atoms with Gasteiger partial charge in [-0.15, -0.1) is 0 Å². The maximum absolute atomic E-state index is 12.2. The number of H-pyrrole nitrogens is 1. The third-order valence-electron chi connectivity index (χ3n) is 4.69. The number of fused-ring (bicyclic) bond motifs is 1. The summed E-state index contributed by atoms with van der Waals surface area (Å²) in [7, 11) is 0. The molecular weight excluding hydrogens is 366 g/mol. The fourth-order valence-corrected chi connectivity index (χ4v) is 3.13. The second kappa shape index (κ2) is 8.52. The summed E-state index contributed by atoms with van der Waals surface area (Å²) in [5.41, 5.74) is 2.67. The van der Waals surface area contributed by atoms with Gasteiger partial charge in [-0.1, -0.05) is 36.4 Å². The number of para-hydroxylation sites is 1. The molecule has 0 saturated carbocycles. The largest absolute Gasteiger partial charge is 0.352 e. The van der Waals surface area contributed by atoms with Crippen molar-refractivity contribution >= 4 is 16.8 Å². The molecule has 29 heavy (non-hydrogen) atoms. The van der Waals surface area contributed by atoms with Crippen molar-refractivity contribution in [1.29, 1.82) is 0 Å². The number of nitrogens with zero attached hydrogens (tertiary/aromatic N) is 3. The van der Waals surface area contributed by atoms with Crippen LogP contribution in [-0.2, 0) is 24.3 Å². The monoisotopic (exact) mass is 387 g/mol. The van der Waals surface area contributed by atoms with Gasteiger partial charge >= 0.3 is 0 Å². The molecule has 0 fully saturated rings. The molecule has 0 bridgehead atoms. The molecule has 7 nitrogen and oxygen atoms in total. The smallest absolute Gasteiger partial charge is 0.258 e. The summed E-state index contributed by atoms with van der Waals surface area (Å²) >= 11 is 0. The molecule has 0 unspecified atom stereocenters. The molecule has 0 aliphatic carbocycles. The molecule has 2 heterocycles. The number of hydrogen-bond donors (Lipinski definition) is 2. The third kappa shape index (κ3) is 4.76. The van der Waals surface area contributed by atoms with Gasteiger partial charge in [-0.3, -0.25) is 9.59 Å². The minimum Gasteiger partial charge on any atom is -0.352 e. The van der Waals surface area contributed by atoms with Crippen molar-refractivity contribution in [3.8, 4) is 0 Å². The Morgan fingerprint density at radius 2 is 1.86 bits per heavy atom. The van der Waals surface area contributed by atoms with E-state index in [-0.39, 0.29) is 17.9 Å². The van der Waals surface area contributed by atoms with E-state index in [0.717, 1.165) is 12.1 Å². The molecule has 0 saturated heterocycles. The number of imidazole rings is 1. The highest BCUT2D eigenvalue weighted by Crippen LogP contribution is 2.08. The Balaban J connectivity index is 1.28. The molecule has 4 rings (SSSR count). The summed E-state index contributed by atoms with van der Waals surface area (Å²) in [5, 5.41) is 3.47. The van der Waals surface area contributed by atoms with E-state index in [1.807, 2.05) is 41.1 Å². The van der Waals surface area contributed by atoms with Crippen molar-refractivity contribution in [3.63, 3.8) is 0 Å². The van der Waals surface area contributed by atoms with E-state index >= 15 is 0 Å². The lowest BCUT2D eigenvalue weighted by Gasteiger charge is -2.07. The van der Waals surface area contributed by atoms with Crippen LogP contribution in [0, 0.1) is 0 Å².